The van der Waals surface area contributed by atoms with Gasteiger partial charge in [-0.15, -0.1) is 8.67 Å². The molecule has 1 aromatic heterocycles. The summed E-state index contributed by atoms with van der Waals surface area (Å²) in [7, 11) is -2.97. The van der Waals surface area contributed by atoms with E-state index in [1.807, 2.05) is 0 Å². The quantitative estimate of drug-likeness (QED) is 0.0170. The van der Waals surface area contributed by atoms with Crippen molar-refractivity contribution in [3.8, 4) is 0 Å². The first-order valence-electron chi connectivity index (χ1n) is 12.6. The van der Waals surface area contributed by atoms with Gasteiger partial charge in [0.1, 0.15) is 4.90 Å². The largest absolute Gasteiger partial charge is 0.394 e. The lowest BCUT2D eigenvalue weighted by Crippen LogP contribution is -2.14. The molecule has 0 amide bonds. The number of aromatic nitrogens is 3. The molecular weight excluding hydrogens is 659 g/mol. The normalized spacial score (nSPS) is 11.8. The van der Waals surface area contributed by atoms with E-state index in [0.717, 1.165) is 29.8 Å². The molecule has 3 rings (SSSR count). The van der Waals surface area contributed by atoms with Gasteiger partial charge in [-0.3, -0.25) is 4.55 Å². The number of rotatable bonds is 20. The van der Waals surface area contributed by atoms with Crippen LogP contribution in [-0.4, -0.2) is 88.9 Å². The van der Waals surface area contributed by atoms with Gasteiger partial charge in [0.05, 0.1) is 37.6 Å². The summed E-state index contributed by atoms with van der Waals surface area (Å²) >= 11 is 1.47. The molecule has 244 valence electrons. The van der Waals surface area contributed by atoms with Gasteiger partial charge < -0.3 is 25.8 Å². The summed E-state index contributed by atoms with van der Waals surface area (Å²) in [5.41, 5.74) is 1.71. The van der Waals surface area contributed by atoms with E-state index >= 15 is 0 Å². The summed E-state index contributed by atoms with van der Waals surface area (Å²) in [6.45, 7) is 0.572. The van der Waals surface area contributed by atoms with Gasteiger partial charge in [-0.1, -0.05) is 34.4 Å². The number of hydrogen-bond donors (Lipinski definition) is 7. The van der Waals surface area contributed by atoms with Crippen LogP contribution in [0.15, 0.2) is 51.2 Å². The molecule has 3 aromatic rings. The molecular formula is C24H29N7O11S3. The van der Waals surface area contributed by atoms with Crippen LogP contribution in [0.4, 0.5) is 29.2 Å². The first kappa shape index (κ1) is 36.0. The van der Waals surface area contributed by atoms with E-state index in [-0.39, 0.29) is 61.2 Å². The van der Waals surface area contributed by atoms with E-state index in [1.54, 1.807) is 37.4 Å². The Morgan fingerprint density at radius 1 is 0.956 bits per heavy atom. The molecule has 0 radical (unpaired) electrons. The minimum Gasteiger partial charge on any atom is -0.394 e. The molecule has 21 heteroatoms. The zero-order valence-electron chi connectivity index (χ0n) is 23.4. The molecule has 0 spiro atoms. The lowest BCUT2D eigenvalue weighted by Gasteiger charge is -2.11. The van der Waals surface area contributed by atoms with Crippen LogP contribution in [0.2, 0.25) is 0 Å². The monoisotopic (exact) mass is 687 g/mol. The topological polar surface area (TPSA) is 248 Å². The van der Waals surface area contributed by atoms with Crippen LogP contribution in [0, 0.1) is 0 Å². The van der Waals surface area contributed by atoms with Crippen molar-refractivity contribution in [2.75, 3.05) is 55.1 Å². The molecule has 0 bridgehead atoms. The number of aliphatic hydroxyl groups excluding tert-OH is 1. The fourth-order valence-electron chi connectivity index (χ4n) is 3.39. The Bertz CT molecular complexity index is 1550. The molecule has 0 unspecified atom stereocenters. The highest BCUT2D eigenvalue weighted by Crippen LogP contribution is 2.30. The second-order valence-corrected chi connectivity index (χ2v) is 11.0. The molecule has 45 heavy (non-hydrogen) atoms. The number of anilines is 4. The molecule has 0 aliphatic carbocycles. The molecule has 2 aromatic carbocycles. The average Bonchev–Trinajstić information content (AvgIpc) is 3.02. The minimum absolute atomic E-state index is 0.0134. The summed E-state index contributed by atoms with van der Waals surface area (Å²) in [5, 5.41) is 41.6. The molecule has 1 heterocycles. The number of ether oxygens (including phenoxy) is 1. The van der Waals surface area contributed by atoms with Crippen molar-refractivity contribution in [3.63, 3.8) is 0 Å². The second-order valence-electron chi connectivity index (χ2n) is 8.20. The van der Waals surface area contributed by atoms with Gasteiger partial charge in [0.15, 0.2) is 0 Å². The van der Waals surface area contributed by atoms with Crippen LogP contribution in [-0.2, 0) is 33.6 Å². The van der Waals surface area contributed by atoms with Crippen LogP contribution in [0.25, 0.3) is 12.2 Å². The zero-order chi connectivity index (χ0) is 32.5. The summed E-state index contributed by atoms with van der Waals surface area (Å²) in [4.78, 5) is 16.9. The predicted molar refractivity (Wildman–Crippen MR) is 167 cm³/mol. The zero-order valence-corrected chi connectivity index (χ0v) is 25.8. The first-order valence-corrected chi connectivity index (χ1v) is 15.7. The maximum absolute atomic E-state index is 12.3. The Morgan fingerprint density at radius 3 is 2.42 bits per heavy atom. The molecule has 0 aliphatic rings. The van der Waals surface area contributed by atoms with Gasteiger partial charge in [0.25, 0.3) is 16.1 Å². The Morgan fingerprint density at radius 2 is 1.69 bits per heavy atom. The number of hydrogen-bond acceptors (Lipinski definition) is 19. The van der Waals surface area contributed by atoms with Crippen molar-refractivity contribution in [2.24, 2.45) is 4.99 Å². The number of aliphatic imine (C=N–C) groups is 1. The van der Waals surface area contributed by atoms with Gasteiger partial charge in [-0.25, -0.2) is 15.5 Å². The summed E-state index contributed by atoms with van der Waals surface area (Å²) in [6, 6.07) is 9.42. The molecule has 0 saturated heterocycles. The number of aliphatic hydroxyl groups is 1. The van der Waals surface area contributed by atoms with Gasteiger partial charge in [0, 0.05) is 48.1 Å². The van der Waals surface area contributed by atoms with Crippen LogP contribution < -0.4 is 16.0 Å². The smallest absolute Gasteiger partial charge is 0.295 e. The number of nitrogens with one attached hydrogen (secondary N) is 3. The van der Waals surface area contributed by atoms with E-state index in [0.29, 0.717) is 10.5 Å². The molecule has 0 aliphatic heterocycles. The first-order chi connectivity index (χ1) is 21.8. The predicted octanol–water partition coefficient (Wildman–Crippen LogP) is 3.69. The van der Waals surface area contributed by atoms with Crippen molar-refractivity contribution in [1.82, 2.24) is 15.0 Å². The fourth-order valence-corrected chi connectivity index (χ4v) is 4.85. The standard InChI is InChI=1S/C24H29N7O11S3/c1-25-18-6-4-16(20(14-18)44-42-40-34)2-3-17-5-7-19(15-21(17)45(35,36)37)28-24-30-22(26-8-11-38-12-10-32)29-23(31-24)27-9-13-43-41-39-33/h2-7,9,14-15,25,32-34H,8,10-13H2,1H3,(H,35,36,37)(H2,26,28,29,30,31)/b3-2?,27-9-. The summed E-state index contributed by atoms with van der Waals surface area (Å²) < 4.78 is 48.7. The van der Waals surface area contributed by atoms with E-state index in [1.165, 1.54) is 24.4 Å². The number of benzene rings is 2. The lowest BCUT2D eigenvalue weighted by molar-refractivity contribution is -0.432. The average molecular weight is 688 g/mol. The third-order valence-electron chi connectivity index (χ3n) is 5.26. The van der Waals surface area contributed by atoms with Crippen molar-refractivity contribution in [3.05, 3.63) is 47.5 Å². The van der Waals surface area contributed by atoms with E-state index < -0.39 is 15.0 Å². The van der Waals surface area contributed by atoms with Crippen molar-refractivity contribution in [2.45, 2.75) is 9.79 Å². The van der Waals surface area contributed by atoms with Crippen molar-refractivity contribution < 1.29 is 52.1 Å². The molecule has 0 saturated carbocycles. The van der Waals surface area contributed by atoms with Gasteiger partial charge >= 0.3 is 0 Å². The highest BCUT2D eigenvalue weighted by atomic mass is 32.2. The van der Waals surface area contributed by atoms with Crippen LogP contribution in [0.3, 0.4) is 0 Å². The lowest BCUT2D eigenvalue weighted by atomic mass is 10.1. The Kier molecular flexibility index (Phi) is 15.3. The maximum Gasteiger partial charge on any atom is 0.295 e. The Labute approximate surface area is 265 Å². The van der Waals surface area contributed by atoms with Crippen LogP contribution >= 0.6 is 24.1 Å². The summed E-state index contributed by atoms with van der Waals surface area (Å²) in [5.74, 6) is 0.236. The third-order valence-corrected chi connectivity index (χ3v) is 7.28. The molecule has 7 N–H and O–H groups in total. The second kappa shape index (κ2) is 19.2. The number of nitrogens with zero attached hydrogens (tertiary/aromatic N) is 4. The van der Waals surface area contributed by atoms with Crippen LogP contribution in [0.1, 0.15) is 11.1 Å². The fraction of sp³-hybridized carbons (Fsp3) is 0.250. The maximum atomic E-state index is 12.3. The van der Waals surface area contributed by atoms with E-state index in [9.17, 15) is 13.0 Å². The SMILES string of the molecule is CNc1ccc(C=Cc2ccc(Nc3nc(/N=C\CSOOO)nc(NCCOCCO)n3)cc2S(=O)(=O)O)c(SOOO)c1. The highest BCUT2D eigenvalue weighted by molar-refractivity contribution is 7.95. The molecule has 0 atom stereocenters. The minimum atomic E-state index is -4.69. The van der Waals surface area contributed by atoms with Gasteiger partial charge in [0.2, 0.25) is 11.9 Å². The molecule has 0 fully saturated rings. The Hall–Kier alpha value is -3.45. The van der Waals surface area contributed by atoms with Crippen molar-refractivity contribution in [1.29, 1.82) is 0 Å². The van der Waals surface area contributed by atoms with Gasteiger partial charge in [-0.05, 0) is 35.4 Å². The highest BCUT2D eigenvalue weighted by Gasteiger charge is 2.16. The van der Waals surface area contributed by atoms with Crippen molar-refractivity contribution >= 4 is 81.8 Å². The van der Waals surface area contributed by atoms with Gasteiger partial charge in [-0.2, -0.15) is 23.4 Å². The third kappa shape index (κ3) is 12.5. The van der Waals surface area contributed by atoms with Crippen LogP contribution in [0.5, 0.6) is 0 Å². The van der Waals surface area contributed by atoms with E-state index in [4.69, 9.17) is 20.4 Å². The Balaban J connectivity index is 1.89. The molecule has 18 nitrogen and oxygen atoms in total. The summed E-state index contributed by atoms with van der Waals surface area (Å²) in [6.07, 6.45) is 4.45. The van der Waals surface area contributed by atoms with E-state index in [2.05, 4.69) is 54.6 Å².